The van der Waals surface area contributed by atoms with Crippen molar-refractivity contribution in [2.75, 3.05) is 12.3 Å². The van der Waals surface area contributed by atoms with Crippen molar-refractivity contribution < 1.29 is 9.18 Å². The van der Waals surface area contributed by atoms with Crippen molar-refractivity contribution in [3.05, 3.63) is 65.5 Å². The Bertz CT molecular complexity index is 1460. The minimum atomic E-state index is -0.679. The predicted octanol–water partition coefficient (Wildman–Crippen LogP) is 3.17. The minimum Gasteiger partial charge on any atom is -0.382 e. The first-order chi connectivity index (χ1) is 15.5. The Morgan fingerprint density at radius 1 is 1.19 bits per heavy atom. The lowest BCUT2D eigenvalue weighted by molar-refractivity contribution is 0.0947. The van der Waals surface area contributed by atoms with E-state index in [0.717, 1.165) is 33.6 Å². The van der Waals surface area contributed by atoms with Crippen LogP contribution in [0.1, 0.15) is 10.5 Å². The summed E-state index contributed by atoms with van der Waals surface area (Å²) in [6.07, 6.45) is 3.55. The van der Waals surface area contributed by atoms with Crippen molar-refractivity contribution in [1.82, 2.24) is 35.3 Å². The number of hydrogen-bond donors (Lipinski definition) is 3. The highest BCUT2D eigenvalue weighted by Gasteiger charge is 2.13. The number of anilines is 1. The van der Waals surface area contributed by atoms with Crippen LogP contribution < -0.4 is 11.1 Å². The van der Waals surface area contributed by atoms with Crippen molar-refractivity contribution in [2.45, 2.75) is 6.54 Å². The molecule has 0 unspecified atom stereocenters. The highest BCUT2D eigenvalue weighted by Crippen LogP contribution is 2.29. The van der Waals surface area contributed by atoms with Gasteiger partial charge >= 0.3 is 0 Å². The summed E-state index contributed by atoms with van der Waals surface area (Å²) in [5, 5.41) is 15.6. The molecule has 4 aromatic heterocycles. The van der Waals surface area contributed by atoms with Gasteiger partial charge in [0.25, 0.3) is 5.91 Å². The number of hydrogen-bond acceptors (Lipinski definition) is 6. The maximum Gasteiger partial charge on any atom is 0.270 e. The van der Waals surface area contributed by atoms with Crippen molar-refractivity contribution in [1.29, 1.82) is 0 Å². The standard InChI is InChI=1S/C21H16ClFN8O/c22-19-14(23)3-4-16(27-19)21(32)25-7-8-31-10-13-12-2-1-11(15-5-6-26-29-15)9-17(12)28-20(24)18(13)30-31/h1-6,9-10H,7-8H2,(H2,24,28)(H,25,32)(H,26,29). The summed E-state index contributed by atoms with van der Waals surface area (Å²) in [5.41, 5.74) is 9.36. The lowest BCUT2D eigenvalue weighted by Crippen LogP contribution is -2.28. The van der Waals surface area contributed by atoms with E-state index in [-0.39, 0.29) is 17.4 Å². The highest BCUT2D eigenvalue weighted by atomic mass is 35.5. The average Bonchev–Trinajstić information content (AvgIpc) is 3.46. The summed E-state index contributed by atoms with van der Waals surface area (Å²) in [4.78, 5) is 20.4. The molecule has 160 valence electrons. The second-order valence-electron chi connectivity index (χ2n) is 7.08. The second kappa shape index (κ2) is 7.89. The molecule has 4 heterocycles. The van der Waals surface area contributed by atoms with Gasteiger partial charge in [0, 0.05) is 35.3 Å². The molecule has 1 aromatic carbocycles. The Morgan fingerprint density at radius 2 is 2.06 bits per heavy atom. The molecule has 5 rings (SSSR count). The number of carbonyl (C=O) groups excluding carboxylic acids is 1. The number of halogens is 2. The van der Waals surface area contributed by atoms with Gasteiger partial charge in [0.1, 0.15) is 11.2 Å². The summed E-state index contributed by atoms with van der Waals surface area (Å²) in [6.45, 7) is 0.668. The van der Waals surface area contributed by atoms with Gasteiger partial charge in [-0.05, 0) is 24.3 Å². The summed E-state index contributed by atoms with van der Waals surface area (Å²) < 4.78 is 14.9. The molecule has 5 aromatic rings. The monoisotopic (exact) mass is 450 g/mol. The van der Waals surface area contributed by atoms with E-state index in [9.17, 15) is 9.18 Å². The summed E-state index contributed by atoms with van der Waals surface area (Å²) in [5.74, 6) is -0.815. The zero-order valence-corrected chi connectivity index (χ0v) is 17.3. The number of H-pyrrole nitrogens is 1. The number of nitrogen functional groups attached to an aromatic ring is 1. The Balaban J connectivity index is 1.37. The smallest absolute Gasteiger partial charge is 0.270 e. The summed E-state index contributed by atoms with van der Waals surface area (Å²) in [6, 6.07) is 10.1. The molecule has 0 aliphatic carbocycles. The van der Waals surface area contributed by atoms with Gasteiger partial charge in [-0.3, -0.25) is 14.6 Å². The molecule has 32 heavy (non-hydrogen) atoms. The van der Waals surface area contributed by atoms with Crippen molar-refractivity contribution in [2.24, 2.45) is 0 Å². The van der Waals surface area contributed by atoms with Gasteiger partial charge in [-0.15, -0.1) is 0 Å². The Kier molecular flexibility index (Phi) is 4.91. The van der Waals surface area contributed by atoms with Crippen LogP contribution in [0.25, 0.3) is 33.1 Å². The van der Waals surface area contributed by atoms with Crippen molar-refractivity contribution in [3.8, 4) is 11.3 Å². The van der Waals surface area contributed by atoms with Gasteiger partial charge in [-0.2, -0.15) is 10.2 Å². The topological polar surface area (TPSA) is 127 Å². The van der Waals surface area contributed by atoms with Crippen LogP contribution in [0.5, 0.6) is 0 Å². The van der Waals surface area contributed by atoms with E-state index in [1.807, 2.05) is 30.5 Å². The third kappa shape index (κ3) is 3.60. The van der Waals surface area contributed by atoms with Crippen LogP contribution in [-0.2, 0) is 6.54 Å². The maximum absolute atomic E-state index is 13.2. The van der Waals surface area contributed by atoms with Gasteiger partial charge in [-0.25, -0.2) is 14.4 Å². The van der Waals surface area contributed by atoms with E-state index in [0.29, 0.717) is 17.9 Å². The van der Waals surface area contributed by atoms with Crippen LogP contribution in [0.4, 0.5) is 10.2 Å². The Hall–Kier alpha value is -4.05. The fourth-order valence-corrected chi connectivity index (χ4v) is 3.61. The predicted molar refractivity (Wildman–Crippen MR) is 119 cm³/mol. The molecule has 0 radical (unpaired) electrons. The fourth-order valence-electron chi connectivity index (χ4n) is 3.46. The van der Waals surface area contributed by atoms with Crippen LogP contribution in [0.2, 0.25) is 5.15 Å². The first-order valence-corrected chi connectivity index (χ1v) is 10.0. The fraction of sp³-hybridized carbons (Fsp3) is 0.0952. The van der Waals surface area contributed by atoms with Crippen LogP contribution in [0, 0.1) is 5.82 Å². The molecule has 4 N–H and O–H groups in total. The molecule has 0 saturated carbocycles. The van der Waals surface area contributed by atoms with E-state index >= 15 is 0 Å². The van der Waals surface area contributed by atoms with E-state index in [4.69, 9.17) is 17.3 Å². The Labute approximate surface area is 185 Å². The quantitative estimate of drug-likeness (QED) is 0.353. The molecule has 0 spiro atoms. The number of pyridine rings is 2. The van der Waals surface area contributed by atoms with Gasteiger partial charge in [0.2, 0.25) is 0 Å². The molecule has 0 aliphatic rings. The largest absolute Gasteiger partial charge is 0.382 e. The molecule has 11 heteroatoms. The van der Waals surface area contributed by atoms with Gasteiger partial charge in [0.05, 0.1) is 17.8 Å². The van der Waals surface area contributed by atoms with Gasteiger partial charge < -0.3 is 11.1 Å². The average molecular weight is 451 g/mol. The lowest BCUT2D eigenvalue weighted by atomic mass is 10.1. The molecule has 0 aliphatic heterocycles. The van der Waals surface area contributed by atoms with Crippen molar-refractivity contribution in [3.63, 3.8) is 0 Å². The van der Waals surface area contributed by atoms with Gasteiger partial charge in [-0.1, -0.05) is 23.7 Å². The molecule has 9 nitrogen and oxygen atoms in total. The highest BCUT2D eigenvalue weighted by molar-refractivity contribution is 6.29. The van der Waals surface area contributed by atoms with E-state index < -0.39 is 11.7 Å². The lowest BCUT2D eigenvalue weighted by Gasteiger charge is -2.05. The molecular formula is C21H16ClFN8O. The zero-order chi connectivity index (χ0) is 22.2. The third-order valence-electron chi connectivity index (χ3n) is 5.01. The van der Waals surface area contributed by atoms with Crippen LogP contribution in [-0.4, -0.2) is 42.4 Å². The van der Waals surface area contributed by atoms with E-state index in [2.05, 4.69) is 30.6 Å². The zero-order valence-electron chi connectivity index (χ0n) is 16.5. The normalized spacial score (nSPS) is 11.3. The minimum absolute atomic E-state index is 0.0366. The number of aromatic nitrogens is 6. The Morgan fingerprint density at radius 3 is 2.84 bits per heavy atom. The summed E-state index contributed by atoms with van der Waals surface area (Å²) in [7, 11) is 0. The maximum atomic E-state index is 13.2. The molecule has 1 amide bonds. The van der Waals surface area contributed by atoms with Gasteiger partial charge in [0.15, 0.2) is 16.8 Å². The number of carbonyl (C=O) groups is 1. The first-order valence-electron chi connectivity index (χ1n) is 9.66. The molecule has 0 bridgehead atoms. The third-order valence-corrected chi connectivity index (χ3v) is 5.27. The van der Waals surface area contributed by atoms with Crippen LogP contribution >= 0.6 is 11.6 Å². The summed E-state index contributed by atoms with van der Waals surface area (Å²) >= 11 is 5.63. The number of rotatable bonds is 5. The number of fused-ring (bicyclic) bond motifs is 3. The molecule has 0 atom stereocenters. The number of benzene rings is 1. The van der Waals surface area contributed by atoms with E-state index in [1.165, 1.54) is 6.07 Å². The molecular weight excluding hydrogens is 435 g/mol. The SMILES string of the molecule is Nc1nc2cc(-c3ccn[nH]3)ccc2c2cn(CCNC(=O)c3ccc(F)c(Cl)n3)nc12. The number of nitrogens with two attached hydrogens (primary N) is 1. The molecule has 0 fully saturated rings. The van der Waals surface area contributed by atoms with Crippen LogP contribution in [0.15, 0.2) is 48.8 Å². The first kappa shape index (κ1) is 19.9. The second-order valence-corrected chi connectivity index (χ2v) is 7.44. The van der Waals surface area contributed by atoms with Crippen LogP contribution in [0.3, 0.4) is 0 Å². The number of amides is 1. The number of aromatic amines is 1. The van der Waals surface area contributed by atoms with E-state index in [1.54, 1.807) is 10.9 Å². The number of nitrogens with one attached hydrogen (secondary N) is 2. The molecule has 0 saturated heterocycles. The van der Waals surface area contributed by atoms with Crippen molar-refractivity contribution >= 4 is 45.1 Å². The number of nitrogens with zero attached hydrogens (tertiary/aromatic N) is 5.